The first-order chi connectivity index (χ1) is 13.2. The molecule has 27 heavy (non-hydrogen) atoms. The molecule has 0 radical (unpaired) electrons. The van der Waals surface area contributed by atoms with Crippen LogP contribution < -0.4 is 4.74 Å². The van der Waals surface area contributed by atoms with E-state index in [1.807, 2.05) is 66.9 Å². The topological polar surface area (TPSA) is 41.9 Å². The maximum atomic E-state index is 13.2. The zero-order valence-corrected chi connectivity index (χ0v) is 16.1. The Bertz CT molecular complexity index is 995. The van der Waals surface area contributed by atoms with E-state index in [-0.39, 0.29) is 11.9 Å². The van der Waals surface area contributed by atoms with Gasteiger partial charge in [-0.15, -0.1) is 11.3 Å². The second-order valence-corrected chi connectivity index (χ2v) is 7.51. The summed E-state index contributed by atoms with van der Waals surface area (Å²) in [6.07, 6.45) is 0.686. The normalized spacial score (nSPS) is 16.3. The summed E-state index contributed by atoms with van der Waals surface area (Å²) in [4.78, 5) is 14.3. The molecule has 5 heteroatoms. The number of hydrazone groups is 1. The van der Waals surface area contributed by atoms with E-state index in [4.69, 9.17) is 9.84 Å². The van der Waals surface area contributed by atoms with E-state index >= 15 is 0 Å². The third-order valence-corrected chi connectivity index (χ3v) is 5.63. The first-order valence-electron chi connectivity index (χ1n) is 8.81. The first-order valence-corrected chi connectivity index (χ1v) is 9.69. The average molecular weight is 376 g/mol. The van der Waals surface area contributed by atoms with E-state index in [0.717, 1.165) is 27.5 Å². The summed E-state index contributed by atoms with van der Waals surface area (Å²) in [5.74, 6) is 0.710. The van der Waals surface area contributed by atoms with Crippen LogP contribution >= 0.6 is 11.3 Å². The average Bonchev–Trinajstić information content (AvgIpc) is 3.37. The molecular weight excluding hydrogens is 356 g/mol. The van der Waals surface area contributed by atoms with Crippen molar-refractivity contribution in [1.82, 2.24) is 5.01 Å². The maximum absolute atomic E-state index is 13.2. The van der Waals surface area contributed by atoms with Crippen LogP contribution in [0.1, 0.15) is 38.8 Å². The molecule has 2 heterocycles. The molecule has 4 rings (SSSR count). The predicted octanol–water partition coefficient (Wildman–Crippen LogP) is 5.06. The lowest BCUT2D eigenvalue weighted by molar-refractivity contribution is 0.0713. The van der Waals surface area contributed by atoms with Crippen molar-refractivity contribution in [3.8, 4) is 5.75 Å². The molecule has 0 bridgehead atoms. The highest BCUT2D eigenvalue weighted by atomic mass is 32.1. The van der Waals surface area contributed by atoms with Crippen molar-refractivity contribution in [1.29, 1.82) is 0 Å². The van der Waals surface area contributed by atoms with Gasteiger partial charge in [0.25, 0.3) is 5.91 Å². The molecular formula is C22H20N2O2S. The van der Waals surface area contributed by atoms with Gasteiger partial charge in [-0.25, -0.2) is 5.01 Å². The SMILES string of the molecule is COc1cccc(C2=NN(C(=O)c3cccc(C)c3)[C@H](c3cccs3)C2)c1. The van der Waals surface area contributed by atoms with Crippen molar-refractivity contribution in [2.24, 2.45) is 5.10 Å². The van der Waals surface area contributed by atoms with Crippen LogP contribution in [-0.4, -0.2) is 23.7 Å². The minimum atomic E-state index is -0.0841. The second kappa shape index (κ2) is 7.37. The van der Waals surface area contributed by atoms with Crippen LogP contribution in [-0.2, 0) is 0 Å². The van der Waals surface area contributed by atoms with Gasteiger partial charge in [0.2, 0.25) is 0 Å². The highest BCUT2D eigenvalue weighted by molar-refractivity contribution is 7.10. The van der Waals surface area contributed by atoms with Crippen LogP contribution in [0.15, 0.2) is 71.1 Å². The van der Waals surface area contributed by atoms with Crippen LogP contribution in [0.5, 0.6) is 5.75 Å². The summed E-state index contributed by atoms with van der Waals surface area (Å²) in [6.45, 7) is 1.99. The number of carbonyl (C=O) groups is 1. The molecule has 0 fully saturated rings. The van der Waals surface area contributed by atoms with Crippen molar-refractivity contribution in [3.63, 3.8) is 0 Å². The zero-order chi connectivity index (χ0) is 18.8. The summed E-state index contributed by atoms with van der Waals surface area (Å²) in [5.41, 5.74) is 3.60. The minimum absolute atomic E-state index is 0.0741. The third-order valence-electron chi connectivity index (χ3n) is 4.66. The Hall–Kier alpha value is -2.92. The Kier molecular flexibility index (Phi) is 4.77. The molecule has 0 saturated carbocycles. The molecule has 136 valence electrons. The van der Waals surface area contributed by atoms with Gasteiger partial charge in [-0.3, -0.25) is 4.79 Å². The number of thiophene rings is 1. The van der Waals surface area contributed by atoms with Gasteiger partial charge in [0.15, 0.2) is 0 Å². The van der Waals surface area contributed by atoms with Gasteiger partial charge in [-0.2, -0.15) is 5.10 Å². The molecule has 1 aliphatic heterocycles. The van der Waals surface area contributed by atoms with Gasteiger partial charge in [0.05, 0.1) is 18.9 Å². The third kappa shape index (κ3) is 3.51. The lowest BCUT2D eigenvalue weighted by Crippen LogP contribution is -2.26. The summed E-state index contributed by atoms with van der Waals surface area (Å²) in [5, 5.41) is 8.40. The van der Waals surface area contributed by atoms with Crippen LogP contribution in [0.4, 0.5) is 0 Å². The fourth-order valence-electron chi connectivity index (χ4n) is 3.29. The van der Waals surface area contributed by atoms with E-state index in [1.165, 1.54) is 0 Å². The Morgan fingerprint density at radius 2 is 2.00 bits per heavy atom. The molecule has 1 amide bonds. The fraction of sp³-hybridized carbons (Fsp3) is 0.182. The summed E-state index contributed by atoms with van der Waals surface area (Å²) in [6, 6.07) is 19.5. The monoisotopic (exact) mass is 376 g/mol. The van der Waals surface area contributed by atoms with Crippen LogP contribution in [0.25, 0.3) is 0 Å². The number of hydrogen-bond acceptors (Lipinski definition) is 4. The van der Waals surface area contributed by atoms with Crippen molar-refractivity contribution in [2.75, 3.05) is 7.11 Å². The summed E-state index contributed by atoms with van der Waals surface area (Å²) < 4.78 is 5.34. The molecule has 4 nitrogen and oxygen atoms in total. The van der Waals surface area contributed by atoms with Crippen molar-refractivity contribution in [2.45, 2.75) is 19.4 Å². The van der Waals surface area contributed by atoms with Crippen LogP contribution in [0.2, 0.25) is 0 Å². The maximum Gasteiger partial charge on any atom is 0.274 e. The van der Waals surface area contributed by atoms with E-state index in [1.54, 1.807) is 23.5 Å². The number of hydrogen-bond donors (Lipinski definition) is 0. The van der Waals surface area contributed by atoms with E-state index in [9.17, 15) is 4.79 Å². The molecule has 0 saturated heterocycles. The quantitative estimate of drug-likeness (QED) is 0.639. The number of carbonyl (C=O) groups excluding carboxylic acids is 1. The lowest BCUT2D eigenvalue weighted by Gasteiger charge is -2.20. The Labute approximate surface area is 162 Å². The second-order valence-electron chi connectivity index (χ2n) is 6.53. The molecule has 1 aromatic heterocycles. The largest absolute Gasteiger partial charge is 0.497 e. The number of aryl methyl sites for hydroxylation is 1. The highest BCUT2D eigenvalue weighted by Crippen LogP contribution is 2.36. The summed E-state index contributed by atoms with van der Waals surface area (Å²) in [7, 11) is 1.65. The molecule has 3 aromatic rings. The number of rotatable bonds is 4. The molecule has 0 N–H and O–H groups in total. The highest BCUT2D eigenvalue weighted by Gasteiger charge is 2.34. The van der Waals surface area contributed by atoms with Crippen molar-refractivity contribution in [3.05, 3.63) is 87.6 Å². The molecule has 0 unspecified atom stereocenters. The molecule has 0 spiro atoms. The predicted molar refractivity (Wildman–Crippen MR) is 109 cm³/mol. The Balaban J connectivity index is 1.72. The molecule has 1 atom stereocenters. The van der Waals surface area contributed by atoms with Gasteiger partial charge in [-0.1, -0.05) is 35.9 Å². The van der Waals surface area contributed by atoms with Gasteiger partial charge < -0.3 is 4.74 Å². The fourth-order valence-corrected chi connectivity index (χ4v) is 4.10. The Morgan fingerprint density at radius 1 is 1.15 bits per heavy atom. The summed E-state index contributed by atoms with van der Waals surface area (Å²) >= 11 is 1.65. The number of nitrogens with zero attached hydrogens (tertiary/aromatic N) is 2. The van der Waals surface area contributed by atoms with Crippen LogP contribution in [0.3, 0.4) is 0 Å². The standard InChI is InChI=1S/C22H20N2O2S/c1-15-6-3-8-17(12-15)22(25)24-20(21-10-5-11-27-21)14-19(23-24)16-7-4-9-18(13-16)26-2/h3-13,20H,14H2,1-2H3/t20-/m0/s1. The lowest BCUT2D eigenvalue weighted by atomic mass is 10.0. The van der Waals surface area contributed by atoms with Crippen LogP contribution in [0, 0.1) is 6.92 Å². The zero-order valence-electron chi connectivity index (χ0n) is 15.3. The minimum Gasteiger partial charge on any atom is -0.497 e. The van der Waals surface area contributed by atoms with Crippen molar-refractivity contribution >= 4 is 23.0 Å². The number of ether oxygens (including phenoxy) is 1. The van der Waals surface area contributed by atoms with E-state index in [0.29, 0.717) is 12.0 Å². The molecule has 2 aromatic carbocycles. The Morgan fingerprint density at radius 3 is 2.74 bits per heavy atom. The number of benzene rings is 2. The van der Waals surface area contributed by atoms with Crippen molar-refractivity contribution < 1.29 is 9.53 Å². The van der Waals surface area contributed by atoms with E-state index in [2.05, 4.69) is 6.07 Å². The number of methoxy groups -OCH3 is 1. The van der Waals surface area contributed by atoms with Gasteiger partial charge in [0.1, 0.15) is 5.75 Å². The van der Waals surface area contributed by atoms with Gasteiger partial charge >= 0.3 is 0 Å². The number of amides is 1. The molecule has 0 aliphatic carbocycles. The van der Waals surface area contributed by atoms with Gasteiger partial charge in [0, 0.05) is 22.4 Å². The van der Waals surface area contributed by atoms with E-state index < -0.39 is 0 Å². The molecule has 1 aliphatic rings. The van der Waals surface area contributed by atoms with Gasteiger partial charge in [-0.05, 0) is 42.6 Å². The smallest absolute Gasteiger partial charge is 0.274 e. The first kappa shape index (κ1) is 17.5.